The van der Waals surface area contributed by atoms with Gasteiger partial charge >= 0.3 is 0 Å². The number of halogens is 1. The van der Waals surface area contributed by atoms with Crippen LogP contribution in [-0.4, -0.2) is 50.4 Å². The monoisotopic (exact) mass is 311 g/mol. The first-order valence-corrected chi connectivity index (χ1v) is 6.85. The van der Waals surface area contributed by atoms with Crippen LogP contribution in [0.5, 0.6) is 0 Å². The summed E-state index contributed by atoms with van der Waals surface area (Å²) in [6.07, 6.45) is 0.816. The normalized spacial score (nSPS) is 12.6. The number of carbonyl (C=O) groups excluding carboxylic acids is 2. The van der Waals surface area contributed by atoms with Gasteiger partial charge in [-0.05, 0) is 37.2 Å². The van der Waals surface area contributed by atoms with Crippen molar-refractivity contribution in [1.82, 2.24) is 10.2 Å². The minimum atomic E-state index is 0. The van der Waals surface area contributed by atoms with Crippen LogP contribution in [0.1, 0.15) is 22.8 Å². The van der Waals surface area contributed by atoms with Gasteiger partial charge in [-0.15, -0.1) is 12.4 Å². The quantitative estimate of drug-likeness (QED) is 0.912. The van der Waals surface area contributed by atoms with E-state index in [0.717, 1.165) is 24.2 Å². The number of amides is 2. The Bertz CT molecular complexity index is 534. The van der Waals surface area contributed by atoms with Crippen LogP contribution in [0, 0.1) is 0 Å². The third-order valence-corrected chi connectivity index (χ3v) is 3.65. The van der Waals surface area contributed by atoms with Crippen molar-refractivity contribution >= 4 is 29.9 Å². The lowest BCUT2D eigenvalue weighted by molar-refractivity contribution is -0.116. The lowest BCUT2D eigenvalue weighted by Crippen LogP contribution is -2.32. The van der Waals surface area contributed by atoms with Crippen molar-refractivity contribution in [3.05, 3.63) is 29.3 Å². The summed E-state index contributed by atoms with van der Waals surface area (Å²) in [7, 11) is 3.67. The fourth-order valence-electron chi connectivity index (χ4n) is 2.46. The van der Waals surface area contributed by atoms with E-state index in [1.54, 1.807) is 29.8 Å². The molecule has 0 saturated heterocycles. The van der Waals surface area contributed by atoms with Gasteiger partial charge in [0.1, 0.15) is 0 Å². The summed E-state index contributed by atoms with van der Waals surface area (Å²) in [5.74, 6) is 0.0679. The second-order valence-electron chi connectivity index (χ2n) is 5.09. The molecule has 0 atom stereocenters. The topological polar surface area (TPSA) is 52.7 Å². The van der Waals surface area contributed by atoms with Gasteiger partial charge in [-0.3, -0.25) is 9.59 Å². The highest BCUT2D eigenvalue weighted by Crippen LogP contribution is 2.29. The molecule has 0 radical (unpaired) electrons. The van der Waals surface area contributed by atoms with Gasteiger partial charge < -0.3 is 15.1 Å². The Labute approximate surface area is 131 Å². The second-order valence-corrected chi connectivity index (χ2v) is 5.09. The third kappa shape index (κ3) is 3.74. The molecule has 1 aliphatic heterocycles. The molecule has 0 saturated carbocycles. The van der Waals surface area contributed by atoms with Crippen LogP contribution < -0.4 is 10.2 Å². The van der Waals surface area contributed by atoms with Gasteiger partial charge in [0, 0.05) is 44.9 Å². The Morgan fingerprint density at radius 1 is 1.38 bits per heavy atom. The molecule has 6 heteroatoms. The molecule has 5 nitrogen and oxygen atoms in total. The third-order valence-electron chi connectivity index (χ3n) is 3.65. The van der Waals surface area contributed by atoms with Crippen LogP contribution in [-0.2, 0) is 11.2 Å². The van der Waals surface area contributed by atoms with E-state index in [9.17, 15) is 9.59 Å². The molecule has 116 valence electrons. The molecule has 0 unspecified atom stereocenters. The fourth-order valence-corrected chi connectivity index (χ4v) is 2.46. The fraction of sp³-hybridized carbons (Fsp3) is 0.467. The van der Waals surface area contributed by atoms with Gasteiger partial charge in [-0.1, -0.05) is 0 Å². The van der Waals surface area contributed by atoms with E-state index in [0.29, 0.717) is 18.7 Å². The van der Waals surface area contributed by atoms with Gasteiger partial charge in [0.2, 0.25) is 5.91 Å². The molecular weight excluding hydrogens is 290 g/mol. The molecule has 0 spiro atoms. The molecule has 21 heavy (non-hydrogen) atoms. The average molecular weight is 312 g/mol. The van der Waals surface area contributed by atoms with E-state index >= 15 is 0 Å². The predicted octanol–water partition coefficient (Wildman–Crippen LogP) is 1.31. The number of nitrogens with zero attached hydrogens (tertiary/aromatic N) is 2. The number of nitrogens with one attached hydrogen (secondary N) is 1. The zero-order valence-corrected chi connectivity index (χ0v) is 13.5. The summed E-state index contributed by atoms with van der Waals surface area (Å²) in [6, 6.07) is 5.59. The van der Waals surface area contributed by atoms with Crippen molar-refractivity contribution in [3.8, 4) is 0 Å². The van der Waals surface area contributed by atoms with E-state index in [-0.39, 0.29) is 24.2 Å². The van der Waals surface area contributed by atoms with Gasteiger partial charge in [0.25, 0.3) is 5.91 Å². The number of fused-ring (bicyclic) bond motifs is 1. The van der Waals surface area contributed by atoms with E-state index in [1.807, 2.05) is 19.2 Å². The molecule has 1 aliphatic rings. The van der Waals surface area contributed by atoms with E-state index in [4.69, 9.17) is 0 Å². The SMILES string of the molecule is CNCCN(C)C(=O)c1ccc2c(c1)CCN2C(C)=O.Cl. The summed E-state index contributed by atoms with van der Waals surface area (Å²) in [5, 5.41) is 3.03. The van der Waals surface area contributed by atoms with Crippen molar-refractivity contribution in [2.24, 2.45) is 0 Å². The maximum Gasteiger partial charge on any atom is 0.253 e. The maximum absolute atomic E-state index is 12.3. The molecule has 1 aromatic carbocycles. The molecule has 1 heterocycles. The standard InChI is InChI=1S/C15H21N3O2.ClH/c1-11(19)18-8-6-12-10-13(4-5-14(12)18)15(20)17(3)9-7-16-2;/h4-5,10,16H,6-9H2,1-3H3;1H. The highest BCUT2D eigenvalue weighted by atomic mass is 35.5. The summed E-state index contributed by atoms with van der Waals surface area (Å²) in [6.45, 7) is 3.72. The zero-order chi connectivity index (χ0) is 14.7. The molecule has 2 amide bonds. The number of rotatable bonds is 4. The van der Waals surface area contributed by atoms with E-state index in [1.165, 1.54) is 0 Å². The smallest absolute Gasteiger partial charge is 0.253 e. The van der Waals surface area contributed by atoms with Crippen LogP contribution >= 0.6 is 12.4 Å². The molecule has 1 N–H and O–H groups in total. The van der Waals surface area contributed by atoms with Crippen LogP contribution in [0.2, 0.25) is 0 Å². The highest BCUT2D eigenvalue weighted by Gasteiger charge is 2.23. The number of likely N-dealkylation sites (N-methyl/N-ethyl adjacent to an activating group) is 2. The lowest BCUT2D eigenvalue weighted by Gasteiger charge is -2.18. The first kappa shape index (κ1) is 17.5. The highest BCUT2D eigenvalue weighted by molar-refractivity contribution is 5.97. The first-order valence-electron chi connectivity index (χ1n) is 6.85. The zero-order valence-electron chi connectivity index (χ0n) is 12.7. The Balaban J connectivity index is 0.00000220. The van der Waals surface area contributed by atoms with Gasteiger partial charge in [-0.2, -0.15) is 0 Å². The summed E-state index contributed by atoms with van der Waals surface area (Å²) < 4.78 is 0. The summed E-state index contributed by atoms with van der Waals surface area (Å²) in [5.41, 5.74) is 2.70. The molecule has 1 aromatic rings. The van der Waals surface area contributed by atoms with E-state index in [2.05, 4.69) is 5.32 Å². The lowest BCUT2D eigenvalue weighted by atomic mass is 10.1. The van der Waals surface area contributed by atoms with Crippen molar-refractivity contribution in [1.29, 1.82) is 0 Å². The number of benzene rings is 1. The first-order chi connectivity index (χ1) is 9.54. The molecule has 0 bridgehead atoms. The van der Waals surface area contributed by atoms with Crippen LogP contribution in [0.15, 0.2) is 18.2 Å². The number of hydrogen-bond acceptors (Lipinski definition) is 3. The largest absolute Gasteiger partial charge is 0.340 e. The number of hydrogen-bond donors (Lipinski definition) is 1. The second kappa shape index (κ2) is 7.43. The van der Waals surface area contributed by atoms with Crippen LogP contribution in [0.3, 0.4) is 0 Å². The molecule has 0 fully saturated rings. The van der Waals surface area contributed by atoms with Crippen LogP contribution in [0.4, 0.5) is 5.69 Å². The Hall–Kier alpha value is -1.59. The molecule has 0 aromatic heterocycles. The summed E-state index contributed by atoms with van der Waals surface area (Å²) in [4.78, 5) is 27.2. The summed E-state index contributed by atoms with van der Waals surface area (Å²) >= 11 is 0. The van der Waals surface area contributed by atoms with Crippen molar-refractivity contribution < 1.29 is 9.59 Å². The number of carbonyl (C=O) groups is 2. The predicted molar refractivity (Wildman–Crippen MR) is 86.3 cm³/mol. The molecular formula is C15H22ClN3O2. The van der Waals surface area contributed by atoms with Crippen molar-refractivity contribution in [2.75, 3.05) is 38.6 Å². The van der Waals surface area contributed by atoms with Gasteiger partial charge in [-0.25, -0.2) is 0 Å². The molecule has 0 aliphatic carbocycles. The molecule has 2 rings (SSSR count). The maximum atomic E-state index is 12.3. The average Bonchev–Trinajstić information content (AvgIpc) is 2.86. The van der Waals surface area contributed by atoms with Gasteiger partial charge in [0.15, 0.2) is 0 Å². The Morgan fingerprint density at radius 3 is 2.71 bits per heavy atom. The van der Waals surface area contributed by atoms with Crippen molar-refractivity contribution in [2.45, 2.75) is 13.3 Å². The van der Waals surface area contributed by atoms with Crippen molar-refractivity contribution in [3.63, 3.8) is 0 Å². The minimum absolute atomic E-state index is 0. The Kier molecular flexibility index (Phi) is 6.18. The van der Waals surface area contributed by atoms with Crippen LogP contribution in [0.25, 0.3) is 0 Å². The minimum Gasteiger partial charge on any atom is -0.340 e. The van der Waals surface area contributed by atoms with E-state index < -0.39 is 0 Å². The van der Waals surface area contributed by atoms with Gasteiger partial charge in [0.05, 0.1) is 0 Å². The Morgan fingerprint density at radius 2 is 2.10 bits per heavy atom. The number of anilines is 1.